The summed E-state index contributed by atoms with van der Waals surface area (Å²) in [5, 5.41) is 0.757. The molecule has 0 aliphatic heterocycles. The van der Waals surface area contributed by atoms with Crippen molar-refractivity contribution in [2.45, 2.75) is 12.8 Å². The van der Waals surface area contributed by atoms with Crippen LogP contribution in [0, 0.1) is 11.6 Å². The largest absolute Gasteiger partial charge is 0.299 e. The van der Waals surface area contributed by atoms with Gasteiger partial charge < -0.3 is 0 Å². The zero-order valence-corrected chi connectivity index (χ0v) is 11.8. The molecule has 0 unspecified atom stereocenters. The second-order valence-corrected chi connectivity index (χ2v) is 5.19. The summed E-state index contributed by atoms with van der Waals surface area (Å²) in [7, 11) is 0. The Kier molecular flexibility index (Phi) is 4.73. The molecular weight excluding hydrogens is 305 g/mol. The lowest BCUT2D eigenvalue weighted by Gasteiger charge is -2.05. The van der Waals surface area contributed by atoms with Crippen LogP contribution < -0.4 is 0 Å². The molecule has 0 heterocycles. The van der Waals surface area contributed by atoms with Crippen molar-refractivity contribution in [2.24, 2.45) is 0 Å². The van der Waals surface area contributed by atoms with Gasteiger partial charge in [0.15, 0.2) is 0 Å². The van der Waals surface area contributed by atoms with E-state index in [1.54, 1.807) is 18.2 Å². The quantitative estimate of drug-likeness (QED) is 0.804. The van der Waals surface area contributed by atoms with Crippen LogP contribution in [0.5, 0.6) is 0 Å². The van der Waals surface area contributed by atoms with Crippen molar-refractivity contribution in [3.63, 3.8) is 0 Å². The number of Topliss-reactive ketones (excluding diaryl/α,β-unsaturated/α-hetero) is 1. The lowest BCUT2D eigenvalue weighted by Crippen LogP contribution is -2.08. The van der Waals surface area contributed by atoms with E-state index in [1.807, 2.05) is 0 Å². The van der Waals surface area contributed by atoms with Crippen LogP contribution in [0.3, 0.4) is 0 Å². The summed E-state index contributed by atoms with van der Waals surface area (Å²) < 4.78 is 26.4. The van der Waals surface area contributed by atoms with Crippen molar-refractivity contribution in [1.82, 2.24) is 0 Å². The topological polar surface area (TPSA) is 17.1 Å². The van der Waals surface area contributed by atoms with E-state index in [9.17, 15) is 13.6 Å². The highest BCUT2D eigenvalue weighted by molar-refractivity contribution is 6.42. The molecule has 0 aliphatic rings. The average Bonchev–Trinajstić information content (AvgIpc) is 2.38. The maximum atomic E-state index is 13.4. The zero-order valence-electron chi connectivity index (χ0n) is 10.3. The van der Waals surface area contributed by atoms with Gasteiger partial charge in [0.25, 0.3) is 0 Å². The molecule has 0 aromatic heterocycles. The molecule has 2 aromatic rings. The standard InChI is InChI=1S/C15H10Cl2F2O/c16-13-3-1-9(6-14(13)17)5-12(20)8-10-7-11(18)2-4-15(10)19/h1-4,6-7H,5,8H2. The van der Waals surface area contributed by atoms with E-state index in [2.05, 4.69) is 0 Å². The Balaban J connectivity index is 2.09. The number of hydrogen-bond donors (Lipinski definition) is 0. The number of carbonyl (C=O) groups excluding carboxylic acids is 1. The molecule has 0 spiro atoms. The second kappa shape index (κ2) is 6.33. The smallest absolute Gasteiger partial charge is 0.141 e. The molecule has 0 amide bonds. The van der Waals surface area contributed by atoms with E-state index in [1.165, 1.54) is 0 Å². The van der Waals surface area contributed by atoms with Crippen LogP contribution in [0.15, 0.2) is 36.4 Å². The lowest BCUT2D eigenvalue weighted by atomic mass is 10.0. The van der Waals surface area contributed by atoms with E-state index in [0.717, 1.165) is 18.2 Å². The molecule has 0 fully saturated rings. The number of carbonyl (C=O) groups is 1. The van der Waals surface area contributed by atoms with Crippen LogP contribution in [0.1, 0.15) is 11.1 Å². The van der Waals surface area contributed by atoms with Gasteiger partial charge in [0.1, 0.15) is 17.4 Å². The van der Waals surface area contributed by atoms with E-state index < -0.39 is 11.6 Å². The molecular formula is C15H10Cl2F2O. The predicted octanol–water partition coefficient (Wildman–Crippen LogP) is 4.63. The van der Waals surface area contributed by atoms with Gasteiger partial charge in [-0.1, -0.05) is 29.3 Å². The Morgan fingerprint density at radius 2 is 1.70 bits per heavy atom. The maximum Gasteiger partial charge on any atom is 0.141 e. The zero-order chi connectivity index (χ0) is 14.7. The number of hydrogen-bond acceptors (Lipinski definition) is 1. The van der Waals surface area contributed by atoms with Crippen LogP contribution in [0.2, 0.25) is 10.0 Å². The molecule has 1 nitrogen and oxygen atoms in total. The molecule has 0 bridgehead atoms. The third kappa shape index (κ3) is 3.78. The van der Waals surface area contributed by atoms with Crippen LogP contribution in [-0.4, -0.2) is 5.78 Å². The fraction of sp³-hybridized carbons (Fsp3) is 0.133. The molecule has 0 N–H and O–H groups in total. The molecule has 104 valence electrons. The maximum absolute atomic E-state index is 13.4. The van der Waals surface area contributed by atoms with Gasteiger partial charge in [0.05, 0.1) is 10.0 Å². The fourth-order valence-corrected chi connectivity index (χ4v) is 2.15. The summed E-state index contributed by atoms with van der Waals surface area (Å²) in [4.78, 5) is 11.9. The van der Waals surface area contributed by atoms with Crippen molar-refractivity contribution >= 4 is 29.0 Å². The number of rotatable bonds is 4. The van der Waals surface area contributed by atoms with Crippen molar-refractivity contribution in [2.75, 3.05) is 0 Å². The number of ketones is 1. The highest BCUT2D eigenvalue weighted by Gasteiger charge is 2.11. The Morgan fingerprint density at radius 1 is 0.950 bits per heavy atom. The van der Waals surface area contributed by atoms with Gasteiger partial charge in [0, 0.05) is 12.8 Å². The normalized spacial score (nSPS) is 10.6. The molecule has 0 aliphatic carbocycles. The van der Waals surface area contributed by atoms with E-state index in [0.29, 0.717) is 15.6 Å². The molecule has 0 saturated carbocycles. The minimum absolute atomic E-state index is 0.0510. The Hall–Kier alpha value is -1.45. The summed E-state index contributed by atoms with van der Waals surface area (Å²) in [5.41, 5.74) is 0.733. The van der Waals surface area contributed by atoms with Gasteiger partial charge in [-0.3, -0.25) is 4.79 Å². The molecule has 0 radical (unpaired) electrons. The third-order valence-electron chi connectivity index (χ3n) is 2.78. The first-order chi connectivity index (χ1) is 9.45. The summed E-state index contributed by atoms with van der Waals surface area (Å²) in [5.74, 6) is -1.38. The molecule has 0 atom stereocenters. The van der Waals surface area contributed by atoms with Gasteiger partial charge in [0.2, 0.25) is 0 Å². The lowest BCUT2D eigenvalue weighted by molar-refractivity contribution is -0.117. The van der Waals surface area contributed by atoms with Gasteiger partial charge in [-0.15, -0.1) is 0 Å². The van der Waals surface area contributed by atoms with Crippen molar-refractivity contribution in [3.05, 3.63) is 69.2 Å². The number of halogens is 4. The van der Waals surface area contributed by atoms with Crippen molar-refractivity contribution in [3.8, 4) is 0 Å². The van der Waals surface area contributed by atoms with E-state index in [4.69, 9.17) is 23.2 Å². The highest BCUT2D eigenvalue weighted by atomic mass is 35.5. The van der Waals surface area contributed by atoms with Gasteiger partial charge in [-0.25, -0.2) is 8.78 Å². The summed E-state index contributed by atoms with van der Waals surface area (Å²) in [6.45, 7) is 0. The molecule has 5 heteroatoms. The summed E-state index contributed by atoms with van der Waals surface area (Å²) >= 11 is 11.6. The van der Waals surface area contributed by atoms with Crippen LogP contribution >= 0.6 is 23.2 Å². The summed E-state index contributed by atoms with van der Waals surface area (Å²) in [6, 6.07) is 7.91. The first kappa shape index (κ1) is 14.9. The average molecular weight is 315 g/mol. The molecule has 2 aromatic carbocycles. The molecule has 0 saturated heterocycles. The van der Waals surface area contributed by atoms with Crippen LogP contribution in [0.25, 0.3) is 0 Å². The van der Waals surface area contributed by atoms with Crippen molar-refractivity contribution in [1.29, 1.82) is 0 Å². The van der Waals surface area contributed by atoms with Gasteiger partial charge >= 0.3 is 0 Å². The van der Waals surface area contributed by atoms with Gasteiger partial charge in [-0.2, -0.15) is 0 Å². The first-order valence-electron chi connectivity index (χ1n) is 5.85. The Morgan fingerprint density at radius 3 is 2.40 bits per heavy atom. The highest BCUT2D eigenvalue weighted by Crippen LogP contribution is 2.23. The molecule has 2 rings (SSSR count). The SMILES string of the molecule is O=C(Cc1ccc(Cl)c(Cl)c1)Cc1cc(F)ccc1F. The number of benzene rings is 2. The minimum Gasteiger partial charge on any atom is -0.299 e. The van der Waals surface area contributed by atoms with Crippen molar-refractivity contribution < 1.29 is 13.6 Å². The first-order valence-corrected chi connectivity index (χ1v) is 6.61. The Labute approximate surface area is 125 Å². The monoisotopic (exact) mass is 314 g/mol. The van der Waals surface area contributed by atoms with Crippen LogP contribution in [-0.2, 0) is 17.6 Å². The van der Waals surface area contributed by atoms with E-state index in [-0.39, 0.29) is 24.2 Å². The summed E-state index contributed by atoms with van der Waals surface area (Å²) in [6.07, 6.45) is -0.0727. The Bertz CT molecular complexity index is 656. The molecule has 20 heavy (non-hydrogen) atoms. The predicted molar refractivity (Wildman–Crippen MR) is 75.2 cm³/mol. The van der Waals surface area contributed by atoms with Gasteiger partial charge in [-0.05, 0) is 41.5 Å². The third-order valence-corrected chi connectivity index (χ3v) is 3.52. The minimum atomic E-state index is -0.589. The second-order valence-electron chi connectivity index (χ2n) is 4.38. The van der Waals surface area contributed by atoms with Crippen LogP contribution in [0.4, 0.5) is 8.78 Å². The van der Waals surface area contributed by atoms with E-state index >= 15 is 0 Å². The fourth-order valence-electron chi connectivity index (χ4n) is 1.83.